The predicted molar refractivity (Wildman–Crippen MR) is 38.9 cm³/mol. The molecule has 0 aromatic rings. The van der Waals surface area contributed by atoms with Crippen molar-refractivity contribution in [2.75, 3.05) is 6.16 Å². The molecule has 0 aromatic heterocycles. The van der Waals surface area contributed by atoms with Crippen LogP contribution in [0.1, 0.15) is 0 Å². The Balaban J connectivity index is 0. The molecule has 9 heavy (non-hydrogen) atoms. The van der Waals surface area contributed by atoms with Gasteiger partial charge < -0.3 is 9.79 Å². The Labute approximate surface area is 55.4 Å². The Kier molecular flexibility index (Phi) is 14.5. The third-order valence-electron chi connectivity index (χ3n) is 0.319. The lowest BCUT2D eigenvalue weighted by Crippen LogP contribution is -1.61. The molecule has 4 nitrogen and oxygen atoms in total. The van der Waals surface area contributed by atoms with E-state index in [4.69, 9.17) is 14.4 Å². The maximum atomic E-state index is 9.71. The van der Waals surface area contributed by atoms with Gasteiger partial charge in [0.05, 0.1) is 0 Å². The predicted octanol–water partition coefficient (Wildman–Crippen LogP) is 0.289. The van der Waals surface area contributed by atoms with Crippen LogP contribution in [0.5, 0.6) is 0 Å². The molecule has 0 aromatic carbocycles. The molecule has 6 heteroatoms. The molecular formula is C3H10O4P2. The van der Waals surface area contributed by atoms with E-state index in [1.54, 1.807) is 0 Å². The molecule has 0 aliphatic heterocycles. The van der Waals surface area contributed by atoms with Gasteiger partial charge in [-0.2, -0.15) is 0 Å². The van der Waals surface area contributed by atoms with Crippen LogP contribution in [0.2, 0.25) is 0 Å². The minimum Gasteiger partial charge on any atom is -0.348 e. The third kappa shape index (κ3) is 31.2. The standard InChI is InChI=1S/C3H7O2P.H3O2P/c1-2-3-6(4)5;1-3-2/h2,6H,1,3H2,(H,4,5);3H2,(H,1,2). The Hall–Kier alpha value is 0.120. The molecule has 2 atom stereocenters. The molecular weight excluding hydrogens is 162 g/mol. The smallest absolute Gasteiger partial charge is 0.192 e. The summed E-state index contributed by atoms with van der Waals surface area (Å²) in [5.41, 5.74) is 0. The Morgan fingerprint density at radius 2 is 2.11 bits per heavy atom. The molecule has 0 bridgehead atoms. The van der Waals surface area contributed by atoms with Gasteiger partial charge in [0.25, 0.3) is 0 Å². The topological polar surface area (TPSA) is 74.6 Å². The van der Waals surface area contributed by atoms with E-state index in [0.29, 0.717) is 0 Å². The Morgan fingerprint density at radius 3 is 2.11 bits per heavy atom. The van der Waals surface area contributed by atoms with Crippen LogP contribution in [0.25, 0.3) is 0 Å². The highest BCUT2D eigenvalue weighted by Crippen LogP contribution is 2.10. The lowest BCUT2D eigenvalue weighted by atomic mass is 10.8. The first-order valence-electron chi connectivity index (χ1n) is 2.09. The summed E-state index contributed by atoms with van der Waals surface area (Å²) < 4.78 is 18.3. The monoisotopic (exact) mass is 172 g/mol. The number of hydrogen-bond donors (Lipinski definition) is 2. The van der Waals surface area contributed by atoms with Crippen LogP contribution in [-0.4, -0.2) is 15.9 Å². The summed E-state index contributed by atoms with van der Waals surface area (Å²) in [6, 6.07) is 0. The van der Waals surface area contributed by atoms with Crippen molar-refractivity contribution in [2.45, 2.75) is 0 Å². The SMILES string of the molecule is C=CC[PH](=O)O.O=[PH2]O. The van der Waals surface area contributed by atoms with Gasteiger partial charge in [0.15, 0.2) is 16.7 Å². The van der Waals surface area contributed by atoms with E-state index in [-0.39, 0.29) is 6.16 Å². The Morgan fingerprint density at radius 1 is 1.78 bits per heavy atom. The summed E-state index contributed by atoms with van der Waals surface area (Å²) in [6.07, 6.45) is 1.67. The van der Waals surface area contributed by atoms with Crippen LogP contribution in [0, 0.1) is 0 Å². The van der Waals surface area contributed by atoms with E-state index in [0.717, 1.165) is 0 Å². The summed E-state index contributed by atoms with van der Waals surface area (Å²) >= 11 is 0. The van der Waals surface area contributed by atoms with Crippen molar-refractivity contribution in [2.24, 2.45) is 0 Å². The maximum Gasteiger partial charge on any atom is 0.192 e. The molecule has 0 amide bonds. The van der Waals surface area contributed by atoms with Crippen molar-refractivity contribution in [1.82, 2.24) is 0 Å². The summed E-state index contributed by atoms with van der Waals surface area (Å²) in [7, 11) is -3.75. The molecule has 0 heterocycles. The second-order valence-electron chi connectivity index (χ2n) is 0.992. The van der Waals surface area contributed by atoms with Crippen molar-refractivity contribution in [3.05, 3.63) is 12.7 Å². The minimum absolute atomic E-state index is 0.241. The van der Waals surface area contributed by atoms with E-state index in [1.165, 1.54) is 6.08 Å². The number of rotatable bonds is 2. The summed E-state index contributed by atoms with van der Waals surface area (Å²) in [5, 5.41) is 0. The summed E-state index contributed by atoms with van der Waals surface area (Å²) in [4.78, 5) is 15.1. The van der Waals surface area contributed by atoms with Crippen molar-refractivity contribution in [3.63, 3.8) is 0 Å². The molecule has 0 aliphatic carbocycles. The fraction of sp³-hybridized carbons (Fsp3) is 0.333. The first-order chi connectivity index (χ1) is 4.18. The zero-order valence-electron chi connectivity index (χ0n) is 4.78. The van der Waals surface area contributed by atoms with Crippen LogP contribution in [0.3, 0.4) is 0 Å². The van der Waals surface area contributed by atoms with Crippen molar-refractivity contribution < 1.29 is 18.9 Å². The van der Waals surface area contributed by atoms with Crippen LogP contribution in [-0.2, 0) is 9.13 Å². The highest BCUT2D eigenvalue weighted by molar-refractivity contribution is 7.38. The van der Waals surface area contributed by atoms with Crippen LogP contribution >= 0.6 is 16.7 Å². The van der Waals surface area contributed by atoms with Crippen molar-refractivity contribution in [3.8, 4) is 0 Å². The average Bonchev–Trinajstić information content (AvgIpc) is 1.67. The van der Waals surface area contributed by atoms with Crippen LogP contribution < -0.4 is 0 Å². The molecule has 0 radical (unpaired) electrons. The van der Waals surface area contributed by atoms with Crippen LogP contribution in [0.4, 0.5) is 0 Å². The van der Waals surface area contributed by atoms with Gasteiger partial charge in [-0.15, -0.1) is 6.58 Å². The normalized spacial score (nSPS) is 12.2. The van der Waals surface area contributed by atoms with E-state index < -0.39 is 16.7 Å². The lowest BCUT2D eigenvalue weighted by Gasteiger charge is -1.77. The van der Waals surface area contributed by atoms with Gasteiger partial charge in [0.1, 0.15) is 0 Å². The Bertz CT molecular complexity index is 102. The van der Waals surface area contributed by atoms with Gasteiger partial charge in [0, 0.05) is 6.16 Å². The molecule has 2 unspecified atom stereocenters. The summed E-state index contributed by atoms with van der Waals surface area (Å²) in [6.45, 7) is 3.27. The molecule has 0 saturated heterocycles. The lowest BCUT2D eigenvalue weighted by molar-refractivity contribution is 0.506. The maximum absolute atomic E-state index is 9.71. The van der Waals surface area contributed by atoms with Crippen molar-refractivity contribution in [1.29, 1.82) is 0 Å². The highest BCUT2D eigenvalue weighted by Gasteiger charge is 1.79. The molecule has 2 N–H and O–H groups in total. The van der Waals surface area contributed by atoms with Crippen molar-refractivity contribution >= 4 is 16.7 Å². The average molecular weight is 172 g/mol. The fourth-order valence-electron chi connectivity index (χ4n) is 0.123. The zero-order chi connectivity index (χ0) is 7.70. The van der Waals surface area contributed by atoms with Gasteiger partial charge in [-0.05, 0) is 0 Å². The van der Waals surface area contributed by atoms with Crippen LogP contribution in [0.15, 0.2) is 12.7 Å². The van der Waals surface area contributed by atoms with Gasteiger partial charge >= 0.3 is 0 Å². The molecule has 0 spiro atoms. The van der Waals surface area contributed by atoms with Gasteiger partial charge in [-0.25, -0.2) is 0 Å². The molecule has 56 valence electrons. The first kappa shape index (κ1) is 11.9. The minimum atomic E-state index is -2.25. The van der Waals surface area contributed by atoms with Gasteiger partial charge in [-0.3, -0.25) is 9.13 Å². The molecule has 0 saturated carbocycles. The molecule has 0 fully saturated rings. The fourth-order valence-corrected chi connectivity index (χ4v) is 0.370. The van der Waals surface area contributed by atoms with E-state index >= 15 is 0 Å². The molecule has 0 rings (SSSR count). The number of allylic oxidation sites excluding steroid dienone is 1. The largest absolute Gasteiger partial charge is 0.348 e. The van der Waals surface area contributed by atoms with Gasteiger partial charge in [0.2, 0.25) is 0 Å². The third-order valence-corrected chi connectivity index (χ3v) is 0.957. The van der Waals surface area contributed by atoms with E-state index in [9.17, 15) is 4.57 Å². The number of hydrogen-bond acceptors (Lipinski definition) is 2. The van der Waals surface area contributed by atoms with Gasteiger partial charge in [-0.1, -0.05) is 6.08 Å². The highest BCUT2D eigenvalue weighted by atomic mass is 31.1. The van der Waals surface area contributed by atoms with E-state index in [2.05, 4.69) is 6.58 Å². The molecule has 0 aliphatic rings. The summed E-state index contributed by atoms with van der Waals surface area (Å²) in [5.74, 6) is 0. The first-order valence-corrected chi connectivity index (χ1v) is 4.64. The van der Waals surface area contributed by atoms with E-state index in [1.807, 2.05) is 0 Å². The quantitative estimate of drug-likeness (QED) is 0.463. The second-order valence-corrected chi connectivity index (χ2v) is 2.40. The zero-order valence-corrected chi connectivity index (χ0v) is 6.93. The second kappa shape index (κ2) is 11.0.